The van der Waals surface area contributed by atoms with Gasteiger partial charge in [-0.25, -0.2) is 4.99 Å². The molecule has 0 aromatic heterocycles. The predicted octanol–water partition coefficient (Wildman–Crippen LogP) is 4.07. The Morgan fingerprint density at radius 3 is 2.73 bits per heavy atom. The van der Waals surface area contributed by atoms with Gasteiger partial charge in [-0.05, 0) is 54.7 Å². The lowest BCUT2D eigenvalue weighted by atomic mass is 10.1. The van der Waals surface area contributed by atoms with E-state index in [-0.39, 0.29) is 5.91 Å². The van der Waals surface area contributed by atoms with Gasteiger partial charge in [0.25, 0.3) is 5.91 Å². The van der Waals surface area contributed by atoms with E-state index in [1.807, 2.05) is 24.3 Å². The van der Waals surface area contributed by atoms with Crippen LogP contribution in [-0.4, -0.2) is 18.9 Å². The second-order valence-electron chi connectivity index (χ2n) is 6.46. The molecule has 1 amide bonds. The Balaban J connectivity index is 1.74. The van der Waals surface area contributed by atoms with Crippen LogP contribution in [0, 0.1) is 6.92 Å². The summed E-state index contributed by atoms with van der Waals surface area (Å²) in [6.45, 7) is 4.16. The Morgan fingerprint density at radius 2 is 2.00 bits per heavy atom. The summed E-state index contributed by atoms with van der Waals surface area (Å²) >= 11 is 0. The topological polar surface area (TPSA) is 50.7 Å². The second kappa shape index (κ2) is 8.00. The molecule has 4 heteroatoms. The molecule has 26 heavy (non-hydrogen) atoms. The summed E-state index contributed by atoms with van der Waals surface area (Å²) in [5.41, 5.74) is 5.02. The minimum absolute atomic E-state index is 0.141. The first-order valence-electron chi connectivity index (χ1n) is 8.92. The lowest BCUT2D eigenvalue weighted by Crippen LogP contribution is -2.24. The summed E-state index contributed by atoms with van der Waals surface area (Å²) in [4.78, 5) is 16.7. The molecule has 1 aliphatic rings. The Labute approximate surface area is 154 Å². The number of aliphatic imine (C=N–C) groups is 1. The number of ether oxygens (including phenoxy) is 1. The van der Waals surface area contributed by atoms with E-state index < -0.39 is 0 Å². The maximum atomic E-state index is 12.2. The van der Waals surface area contributed by atoms with E-state index in [2.05, 4.69) is 48.4 Å². The van der Waals surface area contributed by atoms with Crippen LogP contribution in [0.25, 0.3) is 6.08 Å². The van der Waals surface area contributed by atoms with Gasteiger partial charge in [0.05, 0.1) is 7.11 Å². The monoisotopic (exact) mass is 348 g/mol. The van der Waals surface area contributed by atoms with Crippen molar-refractivity contribution in [3.63, 3.8) is 0 Å². The van der Waals surface area contributed by atoms with Crippen molar-refractivity contribution in [3.05, 3.63) is 70.4 Å². The van der Waals surface area contributed by atoms with Crippen LogP contribution in [0.5, 0.6) is 5.75 Å². The summed E-state index contributed by atoms with van der Waals surface area (Å²) < 4.78 is 5.35. The first-order chi connectivity index (χ1) is 12.6. The zero-order valence-electron chi connectivity index (χ0n) is 15.5. The minimum Gasteiger partial charge on any atom is -0.496 e. The Hall–Kier alpha value is -2.88. The van der Waals surface area contributed by atoms with Crippen LogP contribution in [0.15, 0.2) is 53.2 Å². The average molecular weight is 348 g/mol. The summed E-state index contributed by atoms with van der Waals surface area (Å²) in [7, 11) is 1.67. The van der Waals surface area contributed by atoms with E-state index in [0.717, 1.165) is 42.0 Å². The fourth-order valence-corrected chi connectivity index (χ4v) is 3.09. The smallest absolute Gasteiger partial charge is 0.275 e. The molecule has 3 rings (SSSR count). The van der Waals surface area contributed by atoms with Crippen LogP contribution in [0.4, 0.5) is 0 Å². The fourth-order valence-electron chi connectivity index (χ4n) is 3.09. The zero-order valence-corrected chi connectivity index (χ0v) is 15.5. The van der Waals surface area contributed by atoms with Gasteiger partial charge in [0.1, 0.15) is 17.3 Å². The normalized spacial score (nSPS) is 15.1. The maximum absolute atomic E-state index is 12.2. The number of hydrogen-bond acceptors (Lipinski definition) is 3. The minimum atomic E-state index is -0.141. The number of rotatable bonds is 6. The van der Waals surface area contributed by atoms with Crippen molar-refractivity contribution < 1.29 is 9.53 Å². The number of carbonyl (C=O) groups is 1. The van der Waals surface area contributed by atoms with E-state index >= 15 is 0 Å². The Morgan fingerprint density at radius 1 is 1.15 bits per heavy atom. The van der Waals surface area contributed by atoms with Crippen LogP contribution < -0.4 is 10.1 Å². The van der Waals surface area contributed by atoms with Crippen LogP contribution in [-0.2, 0) is 17.6 Å². The van der Waals surface area contributed by atoms with E-state index in [1.54, 1.807) is 7.11 Å². The van der Waals surface area contributed by atoms with Crippen molar-refractivity contribution in [2.75, 3.05) is 7.11 Å². The molecule has 1 aliphatic heterocycles. The lowest BCUT2D eigenvalue weighted by molar-refractivity contribution is -0.115. The number of aryl methyl sites for hydroxylation is 3. The molecule has 0 saturated heterocycles. The van der Waals surface area contributed by atoms with E-state index in [4.69, 9.17) is 4.74 Å². The number of hydrogen-bond donors (Lipinski definition) is 1. The first-order valence-corrected chi connectivity index (χ1v) is 8.92. The number of benzene rings is 2. The van der Waals surface area contributed by atoms with Gasteiger partial charge in [-0.2, -0.15) is 0 Å². The highest BCUT2D eigenvalue weighted by Gasteiger charge is 2.19. The third kappa shape index (κ3) is 4.20. The van der Waals surface area contributed by atoms with Gasteiger partial charge in [0.2, 0.25) is 0 Å². The van der Waals surface area contributed by atoms with E-state index in [0.29, 0.717) is 5.70 Å². The zero-order chi connectivity index (χ0) is 18.5. The summed E-state index contributed by atoms with van der Waals surface area (Å²) in [5.74, 6) is 1.46. The third-order valence-corrected chi connectivity index (χ3v) is 4.47. The number of methoxy groups -OCH3 is 1. The molecule has 0 unspecified atom stereocenters. The molecule has 0 fully saturated rings. The summed E-state index contributed by atoms with van der Waals surface area (Å²) in [5, 5.41) is 2.88. The van der Waals surface area contributed by atoms with Gasteiger partial charge >= 0.3 is 0 Å². The molecular weight excluding hydrogens is 324 g/mol. The molecule has 1 heterocycles. The first kappa shape index (κ1) is 17.9. The van der Waals surface area contributed by atoms with Crippen molar-refractivity contribution in [3.8, 4) is 5.75 Å². The largest absolute Gasteiger partial charge is 0.496 e. The van der Waals surface area contributed by atoms with Crippen molar-refractivity contribution in [1.82, 2.24) is 5.32 Å². The molecule has 0 saturated carbocycles. The van der Waals surface area contributed by atoms with Gasteiger partial charge in [-0.15, -0.1) is 0 Å². The number of amides is 1. The van der Waals surface area contributed by atoms with Gasteiger partial charge in [-0.1, -0.05) is 42.8 Å². The maximum Gasteiger partial charge on any atom is 0.275 e. The predicted molar refractivity (Wildman–Crippen MR) is 105 cm³/mol. The lowest BCUT2D eigenvalue weighted by Gasteiger charge is -2.07. The van der Waals surface area contributed by atoms with E-state index in [9.17, 15) is 4.79 Å². The number of nitrogens with zero attached hydrogens (tertiary/aromatic N) is 1. The molecule has 2 aromatic carbocycles. The van der Waals surface area contributed by atoms with Gasteiger partial charge in [0.15, 0.2) is 0 Å². The Bertz CT molecular complexity index is 881. The second-order valence-corrected chi connectivity index (χ2v) is 6.46. The number of carbonyl (C=O) groups excluding carboxylic acids is 1. The molecule has 0 radical (unpaired) electrons. The number of amidine groups is 1. The molecule has 4 nitrogen and oxygen atoms in total. The van der Waals surface area contributed by atoms with Crippen LogP contribution in [0.2, 0.25) is 0 Å². The number of nitrogens with one attached hydrogen (secondary N) is 1. The fraction of sp³-hybridized carbons (Fsp3) is 0.273. The van der Waals surface area contributed by atoms with Crippen molar-refractivity contribution >= 4 is 17.8 Å². The van der Waals surface area contributed by atoms with Gasteiger partial charge in [-0.3, -0.25) is 4.79 Å². The average Bonchev–Trinajstić information content (AvgIpc) is 2.99. The van der Waals surface area contributed by atoms with Crippen molar-refractivity contribution in [2.24, 2.45) is 4.99 Å². The highest BCUT2D eigenvalue weighted by Crippen LogP contribution is 2.22. The molecular formula is C22H24N2O2. The van der Waals surface area contributed by atoms with Crippen LogP contribution in [0.3, 0.4) is 0 Å². The van der Waals surface area contributed by atoms with Crippen LogP contribution in [0.1, 0.15) is 35.6 Å². The molecule has 2 aromatic rings. The standard InChI is InChI=1S/C22H24N2O2/c1-4-18-13-17(8-10-20(18)26-3)14-19-22(25)24-21(23-19)11-9-16-7-5-6-15(2)12-16/h5-8,10,12-14H,4,9,11H2,1-3H3,(H,23,24,25)/b19-14+. The van der Waals surface area contributed by atoms with Crippen LogP contribution >= 0.6 is 0 Å². The van der Waals surface area contributed by atoms with Crippen molar-refractivity contribution in [1.29, 1.82) is 0 Å². The molecule has 0 spiro atoms. The SMILES string of the molecule is CCc1cc(/C=C2/N=C(CCc3cccc(C)c3)NC2=O)ccc1OC. The van der Waals surface area contributed by atoms with Gasteiger partial charge < -0.3 is 10.1 Å². The summed E-state index contributed by atoms with van der Waals surface area (Å²) in [6.07, 6.45) is 4.27. The summed E-state index contributed by atoms with van der Waals surface area (Å²) in [6, 6.07) is 14.3. The molecule has 1 N–H and O–H groups in total. The molecule has 0 aliphatic carbocycles. The molecule has 134 valence electrons. The van der Waals surface area contributed by atoms with E-state index in [1.165, 1.54) is 11.1 Å². The highest BCUT2D eigenvalue weighted by molar-refractivity contribution is 6.14. The third-order valence-electron chi connectivity index (χ3n) is 4.47. The molecule has 0 bridgehead atoms. The Kier molecular flexibility index (Phi) is 5.52. The quantitative estimate of drug-likeness (QED) is 0.800. The molecule has 0 atom stereocenters. The van der Waals surface area contributed by atoms with Gasteiger partial charge in [0, 0.05) is 6.42 Å². The highest BCUT2D eigenvalue weighted by atomic mass is 16.5. The van der Waals surface area contributed by atoms with Crippen molar-refractivity contribution in [2.45, 2.75) is 33.1 Å².